The lowest BCUT2D eigenvalue weighted by Gasteiger charge is -2.30. The number of carbonyl (C=O) groups excluding carboxylic acids is 1. The fourth-order valence-corrected chi connectivity index (χ4v) is 2.98. The van der Waals surface area contributed by atoms with Gasteiger partial charge in [0, 0.05) is 25.5 Å². The third-order valence-corrected chi connectivity index (χ3v) is 4.70. The summed E-state index contributed by atoms with van der Waals surface area (Å²) in [5, 5.41) is 3.11. The molecule has 0 radical (unpaired) electrons. The molecule has 19 heavy (non-hydrogen) atoms. The van der Waals surface area contributed by atoms with Gasteiger partial charge in [-0.1, -0.05) is 6.92 Å². The average molecular weight is 268 g/mol. The number of ether oxygens (including phenoxy) is 1. The van der Waals surface area contributed by atoms with Crippen LogP contribution in [-0.2, 0) is 9.53 Å². The van der Waals surface area contributed by atoms with E-state index < -0.39 is 0 Å². The van der Waals surface area contributed by atoms with Gasteiger partial charge in [-0.15, -0.1) is 0 Å². The maximum absolute atomic E-state index is 12.0. The number of piperidine rings is 1. The molecule has 1 aliphatic heterocycles. The molecular weight excluding hydrogens is 240 g/mol. The lowest BCUT2D eigenvalue weighted by Crippen LogP contribution is -2.37. The van der Waals surface area contributed by atoms with Gasteiger partial charge >= 0.3 is 0 Å². The van der Waals surface area contributed by atoms with Gasteiger partial charge in [0.05, 0.1) is 6.61 Å². The molecule has 1 amide bonds. The summed E-state index contributed by atoms with van der Waals surface area (Å²) >= 11 is 0. The van der Waals surface area contributed by atoms with Crippen LogP contribution in [0.3, 0.4) is 0 Å². The molecule has 4 heteroatoms. The summed E-state index contributed by atoms with van der Waals surface area (Å²) in [7, 11) is 1.74. The Bertz CT molecular complexity index is 295. The molecule has 4 nitrogen and oxygen atoms in total. The van der Waals surface area contributed by atoms with E-state index in [1.807, 2.05) is 0 Å². The van der Waals surface area contributed by atoms with Crippen molar-refractivity contribution in [1.29, 1.82) is 0 Å². The van der Waals surface area contributed by atoms with Crippen LogP contribution in [0.25, 0.3) is 0 Å². The summed E-state index contributed by atoms with van der Waals surface area (Å²) in [6.45, 7) is 7.23. The first-order valence-electron chi connectivity index (χ1n) is 7.65. The molecular formula is C15H28N2O2. The van der Waals surface area contributed by atoms with Gasteiger partial charge in [-0.3, -0.25) is 4.79 Å². The van der Waals surface area contributed by atoms with Crippen LogP contribution in [0.4, 0.5) is 0 Å². The molecule has 2 rings (SSSR count). The van der Waals surface area contributed by atoms with Crippen LogP contribution < -0.4 is 5.32 Å². The highest BCUT2D eigenvalue weighted by Crippen LogP contribution is 2.45. The Morgan fingerprint density at radius 1 is 1.37 bits per heavy atom. The summed E-state index contributed by atoms with van der Waals surface area (Å²) < 4.78 is 5.22. The van der Waals surface area contributed by atoms with Crippen molar-refractivity contribution in [3.63, 3.8) is 0 Å². The van der Waals surface area contributed by atoms with Gasteiger partial charge in [0.2, 0.25) is 5.91 Å². The van der Waals surface area contributed by atoms with Gasteiger partial charge < -0.3 is 15.0 Å². The molecule has 1 saturated heterocycles. The van der Waals surface area contributed by atoms with E-state index in [4.69, 9.17) is 4.74 Å². The van der Waals surface area contributed by atoms with Gasteiger partial charge in [0.1, 0.15) is 0 Å². The van der Waals surface area contributed by atoms with Gasteiger partial charge in [0.25, 0.3) is 0 Å². The van der Waals surface area contributed by atoms with Crippen molar-refractivity contribution in [2.24, 2.45) is 11.3 Å². The molecule has 0 unspecified atom stereocenters. The second kappa shape index (κ2) is 6.71. The summed E-state index contributed by atoms with van der Waals surface area (Å²) in [6.07, 6.45) is 5.43. The highest BCUT2D eigenvalue weighted by atomic mass is 16.5. The first kappa shape index (κ1) is 14.8. The van der Waals surface area contributed by atoms with Gasteiger partial charge in [-0.2, -0.15) is 0 Å². The van der Waals surface area contributed by atoms with Crippen molar-refractivity contribution in [2.45, 2.75) is 39.0 Å². The highest BCUT2D eigenvalue weighted by molar-refractivity contribution is 5.76. The molecule has 2 fully saturated rings. The fraction of sp³-hybridized carbons (Fsp3) is 0.933. The van der Waals surface area contributed by atoms with E-state index >= 15 is 0 Å². The van der Waals surface area contributed by atoms with Gasteiger partial charge in [-0.05, 0) is 51.2 Å². The lowest BCUT2D eigenvalue weighted by atomic mass is 9.93. The van der Waals surface area contributed by atoms with E-state index in [1.165, 1.54) is 25.7 Å². The van der Waals surface area contributed by atoms with E-state index in [1.54, 1.807) is 7.11 Å². The molecule has 0 spiro atoms. The predicted octanol–water partition coefficient (Wildman–Crippen LogP) is 1.65. The summed E-state index contributed by atoms with van der Waals surface area (Å²) in [6, 6.07) is 0. The Labute approximate surface area is 116 Å². The summed E-state index contributed by atoms with van der Waals surface area (Å²) in [5.74, 6) is 0.817. The van der Waals surface area contributed by atoms with Crippen LogP contribution in [-0.4, -0.2) is 50.7 Å². The first-order valence-corrected chi connectivity index (χ1v) is 7.65. The van der Waals surface area contributed by atoms with Crippen LogP contribution in [0, 0.1) is 11.3 Å². The van der Waals surface area contributed by atoms with Crippen molar-refractivity contribution in [2.75, 3.05) is 39.9 Å². The van der Waals surface area contributed by atoms with E-state index in [0.29, 0.717) is 12.3 Å². The zero-order valence-corrected chi connectivity index (χ0v) is 12.4. The summed E-state index contributed by atoms with van der Waals surface area (Å²) in [5.41, 5.74) is 0.260. The molecule has 0 aromatic carbocycles. The number of hydrogen-bond acceptors (Lipinski definition) is 3. The number of likely N-dealkylation sites (tertiary alicyclic amines) is 1. The molecule has 0 aromatic rings. The van der Waals surface area contributed by atoms with Crippen LogP contribution in [0.5, 0.6) is 0 Å². The highest BCUT2D eigenvalue weighted by Gasteiger charge is 2.42. The number of nitrogens with zero attached hydrogens (tertiary/aromatic N) is 1. The second-order valence-corrected chi connectivity index (χ2v) is 6.29. The van der Waals surface area contributed by atoms with Crippen molar-refractivity contribution in [1.82, 2.24) is 10.2 Å². The zero-order chi connectivity index (χ0) is 13.7. The maximum atomic E-state index is 12.0. The molecule has 1 aliphatic carbocycles. The Hall–Kier alpha value is -0.610. The predicted molar refractivity (Wildman–Crippen MR) is 76.0 cm³/mol. The minimum absolute atomic E-state index is 0.234. The number of methoxy groups -OCH3 is 1. The molecule has 0 bridgehead atoms. The van der Waals surface area contributed by atoms with Crippen LogP contribution in [0.1, 0.15) is 39.0 Å². The third-order valence-electron chi connectivity index (χ3n) is 4.70. The van der Waals surface area contributed by atoms with Crippen LogP contribution >= 0.6 is 0 Å². The molecule has 1 heterocycles. The average Bonchev–Trinajstić information content (AvgIpc) is 3.18. The minimum atomic E-state index is 0.234. The molecule has 0 atom stereocenters. The summed E-state index contributed by atoms with van der Waals surface area (Å²) in [4.78, 5) is 14.4. The second-order valence-electron chi connectivity index (χ2n) is 6.29. The van der Waals surface area contributed by atoms with Crippen molar-refractivity contribution < 1.29 is 9.53 Å². The fourth-order valence-electron chi connectivity index (χ4n) is 2.98. The molecule has 1 saturated carbocycles. The lowest BCUT2D eigenvalue weighted by molar-refractivity contribution is -0.122. The normalized spacial score (nSPS) is 23.3. The quantitative estimate of drug-likeness (QED) is 0.763. The molecule has 1 N–H and O–H groups in total. The van der Waals surface area contributed by atoms with Crippen molar-refractivity contribution in [3.05, 3.63) is 0 Å². The number of amides is 1. The Morgan fingerprint density at radius 2 is 2.05 bits per heavy atom. The van der Waals surface area contributed by atoms with E-state index in [0.717, 1.165) is 32.8 Å². The van der Waals surface area contributed by atoms with Gasteiger partial charge in [0.15, 0.2) is 0 Å². The third kappa shape index (κ3) is 4.46. The maximum Gasteiger partial charge on any atom is 0.220 e. The Balaban J connectivity index is 1.62. The molecule has 2 aliphatic rings. The molecule has 110 valence electrons. The minimum Gasteiger partial charge on any atom is -0.384 e. The molecule has 0 aromatic heterocycles. The SMILES string of the molecule is CCN1CCC(CC(=O)NCC2(COC)CC2)CC1. The van der Waals surface area contributed by atoms with E-state index in [2.05, 4.69) is 17.1 Å². The number of nitrogens with one attached hydrogen (secondary N) is 1. The Morgan fingerprint density at radius 3 is 2.58 bits per heavy atom. The van der Waals surface area contributed by atoms with Gasteiger partial charge in [-0.25, -0.2) is 0 Å². The standard InChI is InChI=1S/C15H28N2O2/c1-3-17-8-4-13(5-9-17)10-14(18)16-11-15(6-7-15)12-19-2/h13H,3-12H2,1-2H3,(H,16,18). The van der Waals surface area contributed by atoms with Crippen LogP contribution in [0.15, 0.2) is 0 Å². The topological polar surface area (TPSA) is 41.6 Å². The first-order chi connectivity index (χ1) is 9.17. The van der Waals surface area contributed by atoms with E-state index in [9.17, 15) is 4.79 Å². The van der Waals surface area contributed by atoms with Crippen molar-refractivity contribution in [3.8, 4) is 0 Å². The smallest absolute Gasteiger partial charge is 0.220 e. The number of rotatable bonds is 7. The van der Waals surface area contributed by atoms with Crippen LogP contribution in [0.2, 0.25) is 0 Å². The van der Waals surface area contributed by atoms with Crippen molar-refractivity contribution >= 4 is 5.91 Å². The Kier molecular flexibility index (Phi) is 5.22. The number of carbonyl (C=O) groups is 1. The zero-order valence-electron chi connectivity index (χ0n) is 12.4. The monoisotopic (exact) mass is 268 g/mol. The number of hydrogen-bond donors (Lipinski definition) is 1. The van der Waals surface area contributed by atoms with E-state index in [-0.39, 0.29) is 11.3 Å². The largest absolute Gasteiger partial charge is 0.384 e.